The molecule has 90 valence electrons. The molecular formula is C15H18O2. The third-order valence-corrected chi connectivity index (χ3v) is 2.30. The first kappa shape index (κ1) is 13.2. The molecule has 0 saturated carbocycles. The first-order valence-corrected chi connectivity index (χ1v) is 5.57. The lowest BCUT2D eigenvalue weighted by atomic mass is 10.0. The maximum atomic E-state index is 11.5. The van der Waals surface area contributed by atoms with E-state index in [1.807, 2.05) is 19.1 Å². The van der Waals surface area contributed by atoms with Crippen molar-refractivity contribution in [2.75, 3.05) is 6.61 Å². The fourth-order valence-electron chi connectivity index (χ4n) is 1.54. The summed E-state index contributed by atoms with van der Waals surface area (Å²) in [7, 11) is 0. The van der Waals surface area contributed by atoms with E-state index in [1.54, 1.807) is 19.1 Å². The lowest BCUT2D eigenvalue weighted by molar-refractivity contribution is 0.101. The Morgan fingerprint density at radius 1 is 1.41 bits per heavy atom. The summed E-state index contributed by atoms with van der Waals surface area (Å²) in [5.41, 5.74) is 2.52. The van der Waals surface area contributed by atoms with Gasteiger partial charge in [-0.3, -0.25) is 4.79 Å². The van der Waals surface area contributed by atoms with E-state index in [0.717, 1.165) is 11.1 Å². The van der Waals surface area contributed by atoms with E-state index in [4.69, 9.17) is 4.74 Å². The summed E-state index contributed by atoms with van der Waals surface area (Å²) in [5, 5.41) is 0. The Morgan fingerprint density at radius 3 is 2.65 bits per heavy atom. The Hall–Kier alpha value is -1.83. The van der Waals surface area contributed by atoms with Gasteiger partial charge in [-0.2, -0.15) is 0 Å². The van der Waals surface area contributed by atoms with E-state index < -0.39 is 0 Å². The summed E-state index contributed by atoms with van der Waals surface area (Å²) in [6.07, 6.45) is 2.49. The first-order valence-electron chi connectivity index (χ1n) is 5.57. The molecule has 2 heteroatoms. The van der Waals surface area contributed by atoms with Gasteiger partial charge in [0.1, 0.15) is 12.4 Å². The van der Waals surface area contributed by atoms with Crippen molar-refractivity contribution in [1.29, 1.82) is 0 Å². The van der Waals surface area contributed by atoms with Crippen LogP contribution < -0.4 is 4.74 Å². The van der Waals surface area contributed by atoms with Crippen LogP contribution in [0.25, 0.3) is 0 Å². The van der Waals surface area contributed by atoms with Crippen LogP contribution in [-0.4, -0.2) is 12.4 Å². The Labute approximate surface area is 103 Å². The van der Waals surface area contributed by atoms with Gasteiger partial charge in [-0.15, -0.1) is 6.58 Å². The van der Waals surface area contributed by atoms with E-state index in [9.17, 15) is 4.79 Å². The van der Waals surface area contributed by atoms with Gasteiger partial charge in [-0.25, -0.2) is 0 Å². The van der Waals surface area contributed by atoms with Crippen molar-refractivity contribution < 1.29 is 9.53 Å². The highest BCUT2D eigenvalue weighted by molar-refractivity contribution is 5.97. The minimum Gasteiger partial charge on any atom is -0.488 e. The van der Waals surface area contributed by atoms with Crippen LogP contribution in [0.4, 0.5) is 0 Å². The Morgan fingerprint density at radius 2 is 2.12 bits per heavy atom. The minimum atomic E-state index is 0.00706. The van der Waals surface area contributed by atoms with Crippen LogP contribution in [0, 0.1) is 0 Å². The average Bonchev–Trinajstić information content (AvgIpc) is 2.27. The monoisotopic (exact) mass is 230 g/mol. The summed E-state index contributed by atoms with van der Waals surface area (Å²) in [4.78, 5) is 11.5. The van der Waals surface area contributed by atoms with Gasteiger partial charge in [0.15, 0.2) is 5.78 Å². The molecular weight excluding hydrogens is 212 g/mol. The number of carbonyl (C=O) groups excluding carboxylic acids is 1. The fraction of sp³-hybridized carbons (Fsp3) is 0.267. The zero-order valence-electron chi connectivity index (χ0n) is 10.5. The molecule has 0 heterocycles. The maximum absolute atomic E-state index is 11.5. The topological polar surface area (TPSA) is 26.3 Å². The van der Waals surface area contributed by atoms with Crippen molar-refractivity contribution in [3.05, 3.63) is 54.1 Å². The molecule has 0 N–H and O–H groups in total. The molecule has 0 bridgehead atoms. The number of benzene rings is 1. The van der Waals surface area contributed by atoms with Gasteiger partial charge in [0.2, 0.25) is 0 Å². The van der Waals surface area contributed by atoms with Gasteiger partial charge < -0.3 is 4.74 Å². The lowest BCUT2D eigenvalue weighted by Crippen LogP contribution is -2.06. The molecule has 0 unspecified atom stereocenters. The number of hydrogen-bond acceptors (Lipinski definition) is 2. The molecule has 0 aliphatic carbocycles. The zero-order valence-corrected chi connectivity index (χ0v) is 10.5. The largest absolute Gasteiger partial charge is 0.488 e. The molecule has 0 fully saturated rings. The summed E-state index contributed by atoms with van der Waals surface area (Å²) in [5.74, 6) is 0.663. The molecule has 1 aromatic carbocycles. The molecule has 0 radical (unpaired) electrons. The smallest absolute Gasteiger partial charge is 0.163 e. The van der Waals surface area contributed by atoms with Gasteiger partial charge in [-0.05, 0) is 37.5 Å². The third kappa shape index (κ3) is 3.59. The number of rotatable bonds is 6. The van der Waals surface area contributed by atoms with E-state index in [2.05, 4.69) is 13.2 Å². The summed E-state index contributed by atoms with van der Waals surface area (Å²) >= 11 is 0. The molecule has 2 nitrogen and oxygen atoms in total. The number of hydrogen-bond donors (Lipinski definition) is 0. The summed E-state index contributed by atoms with van der Waals surface area (Å²) in [6, 6.07) is 5.59. The van der Waals surface area contributed by atoms with Crippen LogP contribution in [0.5, 0.6) is 5.75 Å². The first-order chi connectivity index (χ1) is 8.06. The van der Waals surface area contributed by atoms with Gasteiger partial charge in [0, 0.05) is 0 Å². The maximum Gasteiger partial charge on any atom is 0.163 e. The highest BCUT2D eigenvalue weighted by atomic mass is 16.5. The zero-order chi connectivity index (χ0) is 12.8. The molecule has 0 aromatic heterocycles. The lowest BCUT2D eigenvalue weighted by Gasteiger charge is -2.13. The third-order valence-electron chi connectivity index (χ3n) is 2.30. The van der Waals surface area contributed by atoms with Crippen LogP contribution >= 0.6 is 0 Å². The van der Waals surface area contributed by atoms with Crippen LogP contribution in [0.1, 0.15) is 29.8 Å². The second-order valence-corrected chi connectivity index (χ2v) is 4.09. The van der Waals surface area contributed by atoms with Crippen molar-refractivity contribution in [3.63, 3.8) is 0 Å². The van der Waals surface area contributed by atoms with Crippen molar-refractivity contribution in [2.24, 2.45) is 0 Å². The van der Waals surface area contributed by atoms with Crippen molar-refractivity contribution in [3.8, 4) is 5.75 Å². The molecule has 0 aliphatic heterocycles. The molecule has 1 aromatic rings. The standard InChI is InChI=1S/C15H18O2/c1-5-7-13-8-6-9-14(12(4)16)15(13)17-10-11(2)3/h5-6,8-9H,1-2,7,10H2,3-4H3. The normalized spacial score (nSPS) is 9.76. The highest BCUT2D eigenvalue weighted by Crippen LogP contribution is 2.25. The predicted molar refractivity (Wildman–Crippen MR) is 70.7 cm³/mol. The number of carbonyl (C=O) groups is 1. The fourth-order valence-corrected chi connectivity index (χ4v) is 1.54. The Balaban J connectivity index is 3.13. The second kappa shape index (κ2) is 6.04. The molecule has 17 heavy (non-hydrogen) atoms. The molecule has 0 aliphatic rings. The molecule has 1 rings (SSSR count). The van der Waals surface area contributed by atoms with Crippen molar-refractivity contribution in [1.82, 2.24) is 0 Å². The van der Waals surface area contributed by atoms with Gasteiger partial charge in [0.25, 0.3) is 0 Å². The highest BCUT2D eigenvalue weighted by Gasteiger charge is 2.12. The number of ketones is 1. The van der Waals surface area contributed by atoms with Crippen LogP contribution in [0.3, 0.4) is 0 Å². The molecule has 0 amide bonds. The van der Waals surface area contributed by atoms with E-state index in [-0.39, 0.29) is 5.78 Å². The van der Waals surface area contributed by atoms with Crippen LogP contribution in [-0.2, 0) is 6.42 Å². The van der Waals surface area contributed by atoms with Crippen molar-refractivity contribution in [2.45, 2.75) is 20.3 Å². The van der Waals surface area contributed by atoms with Crippen LogP contribution in [0.2, 0.25) is 0 Å². The van der Waals surface area contributed by atoms with Gasteiger partial charge in [-0.1, -0.05) is 24.8 Å². The minimum absolute atomic E-state index is 0.00706. The quantitative estimate of drug-likeness (QED) is 0.551. The number of para-hydroxylation sites is 1. The Bertz CT molecular complexity index is 444. The molecule has 0 spiro atoms. The van der Waals surface area contributed by atoms with E-state index in [1.165, 1.54) is 0 Å². The van der Waals surface area contributed by atoms with E-state index >= 15 is 0 Å². The van der Waals surface area contributed by atoms with Crippen molar-refractivity contribution >= 4 is 5.78 Å². The predicted octanol–water partition coefficient (Wildman–Crippen LogP) is 3.57. The second-order valence-electron chi connectivity index (χ2n) is 4.09. The van der Waals surface area contributed by atoms with Crippen LogP contribution in [0.15, 0.2) is 43.0 Å². The SMILES string of the molecule is C=CCc1cccc(C(C)=O)c1OCC(=C)C. The van der Waals surface area contributed by atoms with Gasteiger partial charge >= 0.3 is 0 Å². The molecule has 0 atom stereocenters. The number of Topliss-reactive ketones (excluding diaryl/α,β-unsaturated/α-hetero) is 1. The van der Waals surface area contributed by atoms with E-state index in [0.29, 0.717) is 24.3 Å². The summed E-state index contributed by atoms with van der Waals surface area (Å²) < 4.78 is 5.68. The number of allylic oxidation sites excluding steroid dienone is 1. The van der Waals surface area contributed by atoms with Gasteiger partial charge in [0.05, 0.1) is 5.56 Å². The number of ether oxygens (including phenoxy) is 1. The average molecular weight is 230 g/mol. The Kier molecular flexibility index (Phi) is 4.70. The molecule has 0 saturated heterocycles. The summed E-state index contributed by atoms with van der Waals surface area (Å²) in [6.45, 7) is 11.4.